The number of hydrogen-bond acceptors (Lipinski definition) is 4. The molecule has 0 N–H and O–H groups in total. The van der Waals surface area contributed by atoms with Crippen LogP contribution >= 0.6 is 0 Å². The molecule has 1 unspecified atom stereocenters. The Morgan fingerprint density at radius 1 is 1.19 bits per heavy atom. The van der Waals surface area contributed by atoms with Crippen LogP contribution in [0.15, 0.2) is 67.0 Å². The quantitative estimate of drug-likeness (QED) is 0.519. The first-order valence-electron chi connectivity index (χ1n) is 10.4. The van der Waals surface area contributed by atoms with Gasteiger partial charge in [-0.05, 0) is 49.6 Å². The van der Waals surface area contributed by atoms with E-state index in [0.717, 1.165) is 18.4 Å². The molecule has 6 nitrogen and oxygen atoms in total. The average Bonchev–Trinajstić information content (AvgIpc) is 3.46. The van der Waals surface area contributed by atoms with Crippen LogP contribution in [0.25, 0.3) is 5.69 Å². The van der Waals surface area contributed by atoms with Crippen molar-refractivity contribution in [1.29, 1.82) is 0 Å². The lowest BCUT2D eigenvalue weighted by Crippen LogP contribution is -2.48. The van der Waals surface area contributed by atoms with Gasteiger partial charge in [-0.1, -0.05) is 30.3 Å². The molecule has 2 aromatic carbocycles. The van der Waals surface area contributed by atoms with E-state index in [-0.39, 0.29) is 29.8 Å². The molecule has 0 bridgehead atoms. The molecule has 1 heterocycles. The van der Waals surface area contributed by atoms with Crippen LogP contribution in [0.3, 0.4) is 0 Å². The van der Waals surface area contributed by atoms with Crippen molar-refractivity contribution in [3.63, 3.8) is 0 Å². The van der Waals surface area contributed by atoms with Crippen molar-refractivity contribution in [2.75, 3.05) is 6.61 Å². The number of aromatic nitrogens is 2. The molecule has 1 fully saturated rings. The summed E-state index contributed by atoms with van der Waals surface area (Å²) >= 11 is 0. The van der Waals surface area contributed by atoms with Crippen molar-refractivity contribution in [3.8, 4) is 5.69 Å². The third-order valence-corrected chi connectivity index (χ3v) is 5.29. The maximum absolute atomic E-state index is 14.8. The van der Waals surface area contributed by atoms with Crippen LogP contribution in [0.1, 0.15) is 35.7 Å². The SMILES string of the molecule is CCOC(=O)C(Cc1ccccc1)N(C(=O)c1ccc(-n2cccn2)c(F)c1)C1CC1. The van der Waals surface area contributed by atoms with Crippen molar-refractivity contribution in [1.82, 2.24) is 14.7 Å². The van der Waals surface area contributed by atoms with Crippen LogP contribution in [0.5, 0.6) is 0 Å². The number of benzene rings is 2. The second-order valence-electron chi connectivity index (χ2n) is 7.52. The first-order chi connectivity index (χ1) is 15.1. The van der Waals surface area contributed by atoms with Gasteiger partial charge < -0.3 is 9.64 Å². The summed E-state index contributed by atoms with van der Waals surface area (Å²) < 4.78 is 21.5. The second-order valence-corrected chi connectivity index (χ2v) is 7.52. The fourth-order valence-electron chi connectivity index (χ4n) is 3.67. The third kappa shape index (κ3) is 4.66. The lowest BCUT2D eigenvalue weighted by Gasteiger charge is -2.30. The molecule has 1 amide bonds. The molecule has 7 heteroatoms. The van der Waals surface area contributed by atoms with Crippen LogP contribution in [0, 0.1) is 5.82 Å². The fourth-order valence-corrected chi connectivity index (χ4v) is 3.67. The van der Waals surface area contributed by atoms with Crippen LogP contribution in [-0.4, -0.2) is 45.2 Å². The number of halogens is 1. The highest BCUT2D eigenvalue weighted by atomic mass is 19.1. The molecule has 0 aliphatic heterocycles. The van der Waals surface area contributed by atoms with Gasteiger partial charge in [-0.2, -0.15) is 5.10 Å². The highest BCUT2D eigenvalue weighted by molar-refractivity contribution is 5.97. The van der Waals surface area contributed by atoms with Gasteiger partial charge in [-0.3, -0.25) is 4.79 Å². The maximum Gasteiger partial charge on any atom is 0.329 e. The van der Waals surface area contributed by atoms with E-state index in [1.54, 1.807) is 36.4 Å². The number of carbonyl (C=O) groups excluding carboxylic acids is 2. The number of esters is 1. The van der Waals surface area contributed by atoms with Gasteiger partial charge in [0.1, 0.15) is 17.5 Å². The molecule has 0 spiro atoms. The topological polar surface area (TPSA) is 64.4 Å². The summed E-state index contributed by atoms with van der Waals surface area (Å²) in [6, 6.07) is 14.7. The molecule has 3 aromatic rings. The average molecular weight is 421 g/mol. The monoisotopic (exact) mass is 421 g/mol. The molecule has 0 radical (unpaired) electrons. The molecule has 0 saturated heterocycles. The number of nitrogens with zero attached hydrogens (tertiary/aromatic N) is 3. The minimum absolute atomic E-state index is 0.0560. The van der Waals surface area contributed by atoms with E-state index in [1.165, 1.54) is 16.8 Å². The number of ether oxygens (including phenoxy) is 1. The van der Waals surface area contributed by atoms with Crippen LogP contribution in [-0.2, 0) is 16.0 Å². The largest absolute Gasteiger partial charge is 0.464 e. The van der Waals surface area contributed by atoms with Gasteiger partial charge in [0.05, 0.1) is 6.61 Å². The summed E-state index contributed by atoms with van der Waals surface area (Å²) in [5.41, 5.74) is 1.38. The molecule has 1 aliphatic carbocycles. The molecule has 160 valence electrons. The van der Waals surface area contributed by atoms with E-state index in [1.807, 2.05) is 30.3 Å². The Hall–Kier alpha value is -3.48. The Morgan fingerprint density at radius 2 is 1.97 bits per heavy atom. The Balaban J connectivity index is 1.65. The number of carbonyl (C=O) groups is 2. The molecule has 4 rings (SSSR count). The first-order valence-corrected chi connectivity index (χ1v) is 10.4. The summed E-state index contributed by atoms with van der Waals surface area (Å²) in [5, 5.41) is 4.03. The fraction of sp³-hybridized carbons (Fsp3) is 0.292. The summed E-state index contributed by atoms with van der Waals surface area (Å²) in [7, 11) is 0. The van der Waals surface area contributed by atoms with Crippen molar-refractivity contribution in [2.24, 2.45) is 0 Å². The minimum atomic E-state index is -0.767. The van der Waals surface area contributed by atoms with Gasteiger partial charge in [0.2, 0.25) is 0 Å². The predicted octanol–water partition coefficient (Wildman–Crippen LogP) is 3.79. The van der Waals surface area contributed by atoms with E-state index >= 15 is 0 Å². The van der Waals surface area contributed by atoms with Gasteiger partial charge in [0.15, 0.2) is 0 Å². The first kappa shape index (κ1) is 20.8. The van der Waals surface area contributed by atoms with Crippen molar-refractivity contribution >= 4 is 11.9 Å². The smallest absolute Gasteiger partial charge is 0.329 e. The number of rotatable bonds is 8. The van der Waals surface area contributed by atoms with Crippen molar-refractivity contribution < 1.29 is 18.7 Å². The summed E-state index contributed by atoms with van der Waals surface area (Å²) in [4.78, 5) is 27.9. The van der Waals surface area contributed by atoms with Crippen LogP contribution in [0.4, 0.5) is 4.39 Å². The molecule has 1 aliphatic rings. The Bertz CT molecular complexity index is 1050. The normalized spacial score (nSPS) is 14.1. The minimum Gasteiger partial charge on any atom is -0.464 e. The highest BCUT2D eigenvalue weighted by Gasteiger charge is 2.41. The second kappa shape index (κ2) is 9.12. The van der Waals surface area contributed by atoms with Crippen molar-refractivity contribution in [2.45, 2.75) is 38.3 Å². The Morgan fingerprint density at radius 3 is 2.58 bits per heavy atom. The van der Waals surface area contributed by atoms with Gasteiger partial charge in [0, 0.05) is 30.4 Å². The molecule has 1 aromatic heterocycles. The van der Waals surface area contributed by atoms with Gasteiger partial charge in [-0.15, -0.1) is 0 Å². The Labute approximate surface area is 180 Å². The maximum atomic E-state index is 14.8. The summed E-state index contributed by atoms with van der Waals surface area (Å²) in [6.45, 7) is 1.97. The zero-order valence-electron chi connectivity index (χ0n) is 17.3. The van der Waals surface area contributed by atoms with E-state index in [2.05, 4.69) is 5.10 Å². The van der Waals surface area contributed by atoms with Gasteiger partial charge in [0.25, 0.3) is 5.91 Å². The van der Waals surface area contributed by atoms with Crippen LogP contribution < -0.4 is 0 Å². The lowest BCUT2D eigenvalue weighted by molar-refractivity contribution is -0.148. The summed E-state index contributed by atoms with van der Waals surface area (Å²) in [6.07, 6.45) is 5.15. The molecule has 1 saturated carbocycles. The molecular weight excluding hydrogens is 397 g/mol. The lowest BCUT2D eigenvalue weighted by atomic mass is 10.0. The highest BCUT2D eigenvalue weighted by Crippen LogP contribution is 2.32. The molecular formula is C24H24FN3O3. The van der Waals surface area contributed by atoms with E-state index in [0.29, 0.717) is 6.42 Å². The van der Waals surface area contributed by atoms with E-state index in [4.69, 9.17) is 4.74 Å². The third-order valence-electron chi connectivity index (χ3n) is 5.29. The molecule has 1 atom stereocenters. The zero-order chi connectivity index (χ0) is 21.8. The predicted molar refractivity (Wildman–Crippen MR) is 113 cm³/mol. The Kier molecular flexibility index (Phi) is 6.11. The number of amides is 1. The summed E-state index contributed by atoms with van der Waals surface area (Å²) in [5.74, 6) is -1.37. The van der Waals surface area contributed by atoms with Crippen LogP contribution in [0.2, 0.25) is 0 Å². The molecule has 31 heavy (non-hydrogen) atoms. The van der Waals surface area contributed by atoms with E-state index in [9.17, 15) is 14.0 Å². The van der Waals surface area contributed by atoms with E-state index < -0.39 is 17.8 Å². The van der Waals surface area contributed by atoms with Gasteiger partial charge >= 0.3 is 5.97 Å². The van der Waals surface area contributed by atoms with Gasteiger partial charge in [-0.25, -0.2) is 13.9 Å². The number of hydrogen-bond donors (Lipinski definition) is 0. The zero-order valence-corrected chi connectivity index (χ0v) is 17.3. The standard InChI is InChI=1S/C24H24FN3O3/c1-2-31-24(30)22(15-17-7-4-3-5-8-17)28(19-10-11-19)23(29)18-9-12-21(20(25)16-18)27-14-6-13-26-27/h3-9,12-14,16,19,22H,2,10-11,15H2,1H3. The van der Waals surface area contributed by atoms with Crippen molar-refractivity contribution in [3.05, 3.63) is 83.9 Å².